The van der Waals surface area contributed by atoms with E-state index in [-0.39, 0.29) is 18.7 Å². The van der Waals surface area contributed by atoms with Crippen LogP contribution >= 0.6 is 0 Å². The van der Waals surface area contributed by atoms with Gasteiger partial charge in [0.05, 0.1) is 0 Å². The third-order valence-corrected chi connectivity index (χ3v) is 4.83. The van der Waals surface area contributed by atoms with Crippen molar-refractivity contribution < 1.29 is 24.6 Å². The largest absolute Gasteiger partial charge is 0.481 e. The Morgan fingerprint density at radius 2 is 1.23 bits per heavy atom. The van der Waals surface area contributed by atoms with E-state index >= 15 is 0 Å². The van der Waals surface area contributed by atoms with Crippen LogP contribution in [-0.2, 0) is 14.4 Å². The zero-order valence-corrected chi connectivity index (χ0v) is 15.8. The predicted molar refractivity (Wildman–Crippen MR) is 99.1 cm³/mol. The number of amides is 1. The zero-order chi connectivity index (χ0) is 19.2. The fraction of sp³-hybridized carbons (Fsp3) is 0.842. The van der Waals surface area contributed by atoms with Crippen LogP contribution in [0.15, 0.2) is 0 Å². The highest BCUT2D eigenvalue weighted by atomic mass is 16.4. The van der Waals surface area contributed by atoms with Crippen LogP contribution in [0.3, 0.4) is 0 Å². The van der Waals surface area contributed by atoms with Crippen molar-refractivity contribution >= 4 is 17.8 Å². The van der Waals surface area contributed by atoms with Gasteiger partial charge in [0.2, 0.25) is 5.91 Å². The van der Waals surface area contributed by atoms with Gasteiger partial charge in [-0.1, -0.05) is 12.8 Å². The first-order valence-electron chi connectivity index (χ1n) is 9.92. The highest BCUT2D eigenvalue weighted by Crippen LogP contribution is 2.10. The maximum atomic E-state index is 12.6. The lowest BCUT2D eigenvalue weighted by Crippen LogP contribution is -2.35. The van der Waals surface area contributed by atoms with Gasteiger partial charge in [-0.15, -0.1) is 0 Å². The SMILES string of the molecule is O=C(O)CCCCCN(CCCCCC(=O)O)C(=O)CCN1CCCC1. The Balaban J connectivity index is 2.30. The summed E-state index contributed by atoms with van der Waals surface area (Å²) in [4.78, 5) is 37.9. The zero-order valence-electron chi connectivity index (χ0n) is 15.8. The summed E-state index contributed by atoms with van der Waals surface area (Å²) < 4.78 is 0. The molecule has 1 amide bonds. The summed E-state index contributed by atoms with van der Waals surface area (Å²) in [7, 11) is 0. The third-order valence-electron chi connectivity index (χ3n) is 4.83. The molecule has 0 unspecified atom stereocenters. The number of unbranched alkanes of at least 4 members (excludes halogenated alkanes) is 4. The monoisotopic (exact) mass is 370 g/mol. The van der Waals surface area contributed by atoms with Crippen molar-refractivity contribution in [1.82, 2.24) is 9.80 Å². The van der Waals surface area contributed by atoms with Gasteiger partial charge in [0.1, 0.15) is 0 Å². The number of carboxylic acid groups (broad SMARTS) is 2. The Bertz CT molecular complexity index is 412. The molecule has 2 N–H and O–H groups in total. The molecule has 150 valence electrons. The second-order valence-electron chi connectivity index (χ2n) is 7.09. The molecular weight excluding hydrogens is 336 g/mol. The maximum Gasteiger partial charge on any atom is 0.303 e. The van der Waals surface area contributed by atoms with Crippen LogP contribution in [0.2, 0.25) is 0 Å². The molecule has 0 saturated carbocycles. The Labute approximate surface area is 156 Å². The van der Waals surface area contributed by atoms with E-state index in [1.165, 1.54) is 12.8 Å². The van der Waals surface area contributed by atoms with Crippen molar-refractivity contribution in [2.75, 3.05) is 32.7 Å². The Kier molecular flexibility index (Phi) is 11.7. The molecule has 0 aromatic rings. The summed E-state index contributed by atoms with van der Waals surface area (Å²) in [5.41, 5.74) is 0. The van der Waals surface area contributed by atoms with Crippen molar-refractivity contribution in [2.24, 2.45) is 0 Å². The van der Waals surface area contributed by atoms with E-state index in [0.717, 1.165) is 45.3 Å². The number of nitrogens with zero attached hydrogens (tertiary/aromatic N) is 2. The molecule has 0 radical (unpaired) electrons. The van der Waals surface area contributed by atoms with Crippen LogP contribution in [0.4, 0.5) is 0 Å². The molecule has 1 aliphatic rings. The first-order chi connectivity index (χ1) is 12.5. The summed E-state index contributed by atoms with van der Waals surface area (Å²) in [6.45, 7) is 4.30. The molecule has 26 heavy (non-hydrogen) atoms. The van der Waals surface area contributed by atoms with Crippen molar-refractivity contribution in [3.63, 3.8) is 0 Å². The Hall–Kier alpha value is -1.63. The molecule has 1 heterocycles. The van der Waals surface area contributed by atoms with E-state index in [1.807, 2.05) is 4.90 Å². The standard InChI is InChI=1S/C19H34N2O5/c22-17(11-16-20-12-7-8-13-20)21(14-5-1-3-9-18(23)24)15-6-2-4-10-19(25)26/h1-16H2,(H,23,24)(H,25,26). The number of aliphatic carboxylic acids is 2. The minimum atomic E-state index is -0.776. The molecule has 7 heteroatoms. The van der Waals surface area contributed by atoms with Gasteiger partial charge < -0.3 is 20.0 Å². The van der Waals surface area contributed by atoms with Gasteiger partial charge in [-0.25, -0.2) is 0 Å². The number of carbonyl (C=O) groups excluding carboxylic acids is 1. The number of rotatable bonds is 15. The van der Waals surface area contributed by atoms with Gasteiger partial charge in [-0.3, -0.25) is 14.4 Å². The van der Waals surface area contributed by atoms with Gasteiger partial charge in [0.25, 0.3) is 0 Å². The second kappa shape index (κ2) is 13.6. The van der Waals surface area contributed by atoms with Crippen LogP contribution in [0.1, 0.15) is 70.6 Å². The molecule has 1 saturated heterocycles. The quantitative estimate of drug-likeness (QED) is 0.430. The van der Waals surface area contributed by atoms with E-state index in [0.29, 0.717) is 32.4 Å². The van der Waals surface area contributed by atoms with Crippen molar-refractivity contribution in [1.29, 1.82) is 0 Å². The molecule has 0 aromatic heterocycles. The number of likely N-dealkylation sites (tertiary alicyclic amines) is 1. The fourth-order valence-corrected chi connectivity index (χ4v) is 3.29. The van der Waals surface area contributed by atoms with Crippen LogP contribution in [-0.4, -0.2) is 70.6 Å². The average molecular weight is 370 g/mol. The predicted octanol–water partition coefficient (Wildman–Crippen LogP) is 2.59. The van der Waals surface area contributed by atoms with Gasteiger partial charge in [-0.05, 0) is 51.6 Å². The lowest BCUT2D eigenvalue weighted by Gasteiger charge is -2.24. The summed E-state index contributed by atoms with van der Waals surface area (Å²) >= 11 is 0. The van der Waals surface area contributed by atoms with E-state index < -0.39 is 11.9 Å². The summed E-state index contributed by atoms with van der Waals surface area (Å²) in [6.07, 6.45) is 7.85. The molecule has 0 bridgehead atoms. The first-order valence-corrected chi connectivity index (χ1v) is 9.92. The summed E-state index contributed by atoms with van der Waals surface area (Å²) in [5, 5.41) is 17.4. The van der Waals surface area contributed by atoms with Crippen molar-refractivity contribution in [2.45, 2.75) is 70.6 Å². The van der Waals surface area contributed by atoms with Crippen molar-refractivity contribution in [3.05, 3.63) is 0 Å². The maximum absolute atomic E-state index is 12.6. The van der Waals surface area contributed by atoms with Gasteiger partial charge in [0, 0.05) is 38.9 Å². The van der Waals surface area contributed by atoms with E-state index in [9.17, 15) is 14.4 Å². The van der Waals surface area contributed by atoms with Gasteiger partial charge in [0.15, 0.2) is 0 Å². The minimum Gasteiger partial charge on any atom is -0.481 e. The molecule has 1 rings (SSSR count). The van der Waals surface area contributed by atoms with Gasteiger partial charge >= 0.3 is 11.9 Å². The molecule has 0 spiro atoms. The normalized spacial score (nSPS) is 14.5. The molecule has 1 aliphatic heterocycles. The van der Waals surface area contributed by atoms with Crippen LogP contribution < -0.4 is 0 Å². The van der Waals surface area contributed by atoms with E-state index in [2.05, 4.69) is 4.90 Å². The third kappa shape index (κ3) is 11.1. The highest BCUT2D eigenvalue weighted by molar-refractivity contribution is 5.76. The summed E-state index contributed by atoms with van der Waals surface area (Å²) in [5.74, 6) is -1.39. The van der Waals surface area contributed by atoms with Crippen LogP contribution in [0.5, 0.6) is 0 Å². The Morgan fingerprint density at radius 3 is 1.69 bits per heavy atom. The number of carboxylic acids is 2. The minimum absolute atomic E-state index is 0.161. The average Bonchev–Trinajstić information content (AvgIpc) is 3.10. The highest BCUT2D eigenvalue weighted by Gasteiger charge is 2.17. The second-order valence-corrected chi connectivity index (χ2v) is 7.09. The lowest BCUT2D eigenvalue weighted by molar-refractivity contribution is -0.138. The van der Waals surface area contributed by atoms with Gasteiger partial charge in [-0.2, -0.15) is 0 Å². The Morgan fingerprint density at radius 1 is 0.731 bits per heavy atom. The van der Waals surface area contributed by atoms with Crippen LogP contribution in [0.25, 0.3) is 0 Å². The van der Waals surface area contributed by atoms with E-state index in [4.69, 9.17) is 10.2 Å². The number of hydrogen-bond acceptors (Lipinski definition) is 4. The number of carbonyl (C=O) groups is 3. The van der Waals surface area contributed by atoms with Crippen molar-refractivity contribution in [3.8, 4) is 0 Å². The number of hydrogen-bond donors (Lipinski definition) is 2. The lowest BCUT2D eigenvalue weighted by atomic mass is 10.1. The topological polar surface area (TPSA) is 98.1 Å². The molecule has 0 aliphatic carbocycles. The van der Waals surface area contributed by atoms with E-state index in [1.54, 1.807) is 0 Å². The molecule has 0 aromatic carbocycles. The summed E-state index contributed by atoms with van der Waals surface area (Å²) in [6, 6.07) is 0. The molecule has 1 fully saturated rings. The first kappa shape index (κ1) is 22.4. The molecule has 7 nitrogen and oxygen atoms in total. The molecular formula is C19H34N2O5. The smallest absolute Gasteiger partial charge is 0.303 e. The van der Waals surface area contributed by atoms with Crippen LogP contribution in [0, 0.1) is 0 Å². The molecule has 0 atom stereocenters. The fourth-order valence-electron chi connectivity index (χ4n) is 3.29.